The van der Waals surface area contributed by atoms with Crippen LogP contribution in [0.2, 0.25) is 0 Å². The minimum Gasteiger partial charge on any atom is -0.489 e. The number of benzene rings is 1. The van der Waals surface area contributed by atoms with E-state index in [1.54, 1.807) is 4.90 Å². The Morgan fingerprint density at radius 3 is 2.96 bits per heavy atom. The molecule has 0 unspecified atom stereocenters. The number of ether oxygens (including phenoxy) is 2. The van der Waals surface area contributed by atoms with Crippen LogP contribution in [0.4, 0.5) is 0 Å². The number of carbonyl (C=O) groups is 1. The van der Waals surface area contributed by atoms with Crippen LogP contribution in [-0.2, 0) is 4.74 Å². The average Bonchev–Trinajstić information content (AvgIpc) is 3.18. The molecular weight excluding hydrogens is 320 g/mol. The molecule has 3 heterocycles. The highest BCUT2D eigenvalue weighted by Gasteiger charge is 2.34. The Morgan fingerprint density at radius 1 is 1.36 bits per heavy atom. The SMILES string of the molecule is Cc1nc([C@@H]2CN(C(=O)c3cccc4c3O[C@H](C)[C@@H]4C)CCO2)n[nH]1. The standard InChI is InChI=1S/C18H22N4O3/c1-10-11(2)25-16-13(10)5-4-6-14(16)18(23)22-7-8-24-15(9-22)17-19-12(3)20-21-17/h4-6,10-11,15H,7-9H2,1-3H3,(H,19,20,21)/t10-,11+,15-/m0/s1. The molecule has 132 valence electrons. The molecule has 4 rings (SSSR count). The molecule has 0 aliphatic carbocycles. The molecule has 1 aromatic heterocycles. The van der Waals surface area contributed by atoms with Crippen molar-refractivity contribution < 1.29 is 14.3 Å². The summed E-state index contributed by atoms with van der Waals surface area (Å²) in [6, 6.07) is 5.81. The molecule has 1 amide bonds. The number of aryl methyl sites for hydroxylation is 1. The minimum atomic E-state index is -0.307. The number of rotatable bonds is 2. The lowest BCUT2D eigenvalue weighted by Gasteiger charge is -2.32. The second-order valence-corrected chi connectivity index (χ2v) is 6.73. The van der Waals surface area contributed by atoms with Gasteiger partial charge in [-0.1, -0.05) is 19.1 Å². The lowest BCUT2D eigenvalue weighted by Crippen LogP contribution is -2.42. The molecule has 25 heavy (non-hydrogen) atoms. The Bertz CT molecular complexity index is 803. The van der Waals surface area contributed by atoms with Crippen LogP contribution in [0.3, 0.4) is 0 Å². The van der Waals surface area contributed by atoms with Crippen LogP contribution >= 0.6 is 0 Å². The van der Waals surface area contributed by atoms with Crippen molar-refractivity contribution in [2.24, 2.45) is 0 Å². The summed E-state index contributed by atoms with van der Waals surface area (Å²) >= 11 is 0. The summed E-state index contributed by atoms with van der Waals surface area (Å²) < 4.78 is 11.7. The van der Waals surface area contributed by atoms with E-state index in [1.165, 1.54) is 0 Å². The van der Waals surface area contributed by atoms with Gasteiger partial charge in [-0.2, -0.15) is 5.10 Å². The van der Waals surface area contributed by atoms with Crippen molar-refractivity contribution in [3.8, 4) is 5.75 Å². The molecule has 1 N–H and O–H groups in total. The highest BCUT2D eigenvalue weighted by atomic mass is 16.5. The summed E-state index contributed by atoms with van der Waals surface area (Å²) in [5.41, 5.74) is 1.73. The van der Waals surface area contributed by atoms with E-state index in [9.17, 15) is 4.79 Å². The van der Waals surface area contributed by atoms with Crippen molar-refractivity contribution in [3.05, 3.63) is 41.0 Å². The van der Waals surface area contributed by atoms with Crippen LogP contribution in [0.15, 0.2) is 18.2 Å². The molecule has 2 aromatic rings. The number of para-hydroxylation sites is 1. The molecular formula is C18H22N4O3. The van der Waals surface area contributed by atoms with E-state index in [2.05, 4.69) is 22.1 Å². The molecule has 1 aromatic carbocycles. The molecule has 1 fully saturated rings. The fourth-order valence-corrected chi connectivity index (χ4v) is 3.42. The van der Waals surface area contributed by atoms with E-state index in [1.807, 2.05) is 32.0 Å². The predicted molar refractivity (Wildman–Crippen MR) is 90.7 cm³/mol. The molecule has 7 heteroatoms. The largest absolute Gasteiger partial charge is 0.489 e. The summed E-state index contributed by atoms with van der Waals surface area (Å²) in [5, 5.41) is 6.98. The Labute approximate surface area is 146 Å². The molecule has 2 aliphatic rings. The predicted octanol–water partition coefficient (Wildman–Crippen LogP) is 2.21. The van der Waals surface area contributed by atoms with Gasteiger partial charge in [-0.25, -0.2) is 4.98 Å². The number of fused-ring (bicyclic) bond motifs is 1. The number of nitrogens with zero attached hydrogens (tertiary/aromatic N) is 3. The molecule has 7 nitrogen and oxygen atoms in total. The number of hydrogen-bond acceptors (Lipinski definition) is 5. The molecule has 1 saturated heterocycles. The Balaban J connectivity index is 1.58. The quantitative estimate of drug-likeness (QED) is 0.905. The van der Waals surface area contributed by atoms with Crippen LogP contribution in [-0.4, -0.2) is 51.8 Å². The van der Waals surface area contributed by atoms with E-state index in [-0.39, 0.29) is 24.0 Å². The Hall–Kier alpha value is -2.41. The van der Waals surface area contributed by atoms with Gasteiger partial charge in [0.05, 0.1) is 18.7 Å². The summed E-state index contributed by atoms with van der Waals surface area (Å²) in [6.45, 7) is 7.46. The number of aromatic amines is 1. The van der Waals surface area contributed by atoms with Gasteiger partial charge in [0.15, 0.2) is 5.82 Å². The zero-order chi connectivity index (χ0) is 17.6. The van der Waals surface area contributed by atoms with Gasteiger partial charge < -0.3 is 14.4 Å². The highest BCUT2D eigenvalue weighted by molar-refractivity contribution is 5.97. The van der Waals surface area contributed by atoms with Crippen molar-refractivity contribution in [1.29, 1.82) is 0 Å². The minimum absolute atomic E-state index is 0.0290. The van der Waals surface area contributed by atoms with Crippen LogP contribution < -0.4 is 4.74 Å². The maximum Gasteiger partial charge on any atom is 0.257 e. The third-order valence-corrected chi connectivity index (χ3v) is 5.03. The fraction of sp³-hybridized carbons (Fsp3) is 0.500. The molecule has 3 atom stereocenters. The third kappa shape index (κ3) is 2.78. The molecule has 0 radical (unpaired) electrons. The molecule has 0 bridgehead atoms. The number of H-pyrrole nitrogens is 1. The van der Waals surface area contributed by atoms with Crippen molar-refractivity contribution in [2.45, 2.75) is 38.9 Å². The second-order valence-electron chi connectivity index (χ2n) is 6.73. The van der Waals surface area contributed by atoms with Gasteiger partial charge in [-0.3, -0.25) is 9.89 Å². The van der Waals surface area contributed by atoms with Crippen LogP contribution in [0, 0.1) is 6.92 Å². The van der Waals surface area contributed by atoms with Crippen molar-refractivity contribution in [1.82, 2.24) is 20.1 Å². The average molecular weight is 342 g/mol. The summed E-state index contributed by atoms with van der Waals surface area (Å²) in [4.78, 5) is 19.2. The summed E-state index contributed by atoms with van der Waals surface area (Å²) in [6.07, 6.45) is -0.226. The zero-order valence-corrected chi connectivity index (χ0v) is 14.7. The Morgan fingerprint density at radius 2 is 2.20 bits per heavy atom. The fourth-order valence-electron chi connectivity index (χ4n) is 3.42. The number of aromatic nitrogens is 3. The van der Waals surface area contributed by atoms with Crippen molar-refractivity contribution in [3.63, 3.8) is 0 Å². The summed E-state index contributed by atoms with van der Waals surface area (Å²) in [7, 11) is 0. The highest BCUT2D eigenvalue weighted by Crippen LogP contribution is 2.40. The van der Waals surface area contributed by atoms with E-state index in [0.717, 1.165) is 17.1 Å². The van der Waals surface area contributed by atoms with E-state index in [4.69, 9.17) is 9.47 Å². The van der Waals surface area contributed by atoms with Gasteiger partial charge >= 0.3 is 0 Å². The van der Waals surface area contributed by atoms with Crippen molar-refractivity contribution in [2.75, 3.05) is 19.7 Å². The van der Waals surface area contributed by atoms with Crippen LogP contribution in [0.25, 0.3) is 0 Å². The number of morpholine rings is 1. The second kappa shape index (κ2) is 6.15. The molecule has 2 aliphatic heterocycles. The first kappa shape index (κ1) is 16.1. The molecule has 0 saturated carbocycles. The van der Waals surface area contributed by atoms with Gasteiger partial charge in [0.25, 0.3) is 5.91 Å². The third-order valence-electron chi connectivity index (χ3n) is 5.03. The zero-order valence-electron chi connectivity index (χ0n) is 14.7. The van der Waals surface area contributed by atoms with Crippen LogP contribution in [0.5, 0.6) is 5.75 Å². The lowest BCUT2D eigenvalue weighted by molar-refractivity contribution is -0.0267. The monoisotopic (exact) mass is 342 g/mol. The first-order valence-electron chi connectivity index (χ1n) is 8.64. The normalized spacial score (nSPS) is 25.6. The number of carbonyl (C=O) groups excluding carboxylic acids is 1. The lowest BCUT2D eigenvalue weighted by atomic mass is 9.96. The number of amides is 1. The summed E-state index contributed by atoms with van der Waals surface area (Å²) in [5.74, 6) is 2.31. The van der Waals surface area contributed by atoms with Gasteiger partial charge in [-0.05, 0) is 19.9 Å². The van der Waals surface area contributed by atoms with E-state index in [0.29, 0.717) is 31.1 Å². The van der Waals surface area contributed by atoms with Gasteiger partial charge in [-0.15, -0.1) is 0 Å². The van der Waals surface area contributed by atoms with Gasteiger partial charge in [0.2, 0.25) is 0 Å². The maximum absolute atomic E-state index is 13.1. The van der Waals surface area contributed by atoms with Gasteiger partial charge in [0.1, 0.15) is 23.8 Å². The van der Waals surface area contributed by atoms with E-state index < -0.39 is 0 Å². The van der Waals surface area contributed by atoms with Crippen molar-refractivity contribution >= 4 is 5.91 Å². The van der Waals surface area contributed by atoms with E-state index >= 15 is 0 Å². The number of hydrogen-bond donors (Lipinski definition) is 1. The van der Waals surface area contributed by atoms with Crippen LogP contribution in [0.1, 0.15) is 53.4 Å². The first-order chi connectivity index (χ1) is 12.0. The topological polar surface area (TPSA) is 80.3 Å². The molecule has 0 spiro atoms. The maximum atomic E-state index is 13.1. The first-order valence-corrected chi connectivity index (χ1v) is 8.64. The Kier molecular flexibility index (Phi) is 3.95. The van der Waals surface area contributed by atoms with Gasteiger partial charge in [0, 0.05) is 18.0 Å². The smallest absolute Gasteiger partial charge is 0.257 e. The number of nitrogens with one attached hydrogen (secondary N) is 1.